The van der Waals surface area contributed by atoms with E-state index in [1.807, 2.05) is 35.2 Å². The molecule has 0 spiro atoms. The highest BCUT2D eigenvalue weighted by molar-refractivity contribution is 7.85. The molecule has 0 bridgehead atoms. The van der Waals surface area contributed by atoms with Crippen LogP contribution in [0.4, 0.5) is 5.69 Å². The standard InChI is InChI=1S/C28H28N2O3S/c1-19-14-20(2)17-29(16-19)27(31)22-12-13-26-24(15-22)30(18-21-8-4-3-5-9-21)28(32)23-10-6-7-11-25(23)34(26)33/h3-13,15,19-20H,14,16-18H2,1-2H3/t19-,20+,34-/m0/s1. The number of likely N-dealkylation sites (tertiary alicyclic amines) is 1. The number of piperidine rings is 1. The van der Waals surface area contributed by atoms with Crippen molar-refractivity contribution < 1.29 is 13.8 Å². The second kappa shape index (κ2) is 9.18. The number of rotatable bonds is 3. The predicted octanol–water partition coefficient (Wildman–Crippen LogP) is 5.13. The van der Waals surface area contributed by atoms with Gasteiger partial charge in [0.25, 0.3) is 11.8 Å². The van der Waals surface area contributed by atoms with Crippen LogP contribution in [0.1, 0.15) is 46.5 Å². The molecule has 1 fully saturated rings. The molecule has 5 rings (SSSR count). The van der Waals surface area contributed by atoms with Crippen LogP contribution >= 0.6 is 0 Å². The van der Waals surface area contributed by atoms with E-state index in [4.69, 9.17) is 0 Å². The lowest BCUT2D eigenvalue weighted by molar-refractivity contribution is 0.0623. The fourth-order valence-corrected chi connectivity index (χ4v) is 6.48. The normalized spacial score (nSPS) is 22.1. The van der Waals surface area contributed by atoms with Gasteiger partial charge < -0.3 is 9.80 Å². The van der Waals surface area contributed by atoms with Crippen molar-refractivity contribution in [2.45, 2.75) is 36.6 Å². The molecule has 0 aromatic heterocycles. The van der Waals surface area contributed by atoms with Gasteiger partial charge in [-0.05, 0) is 54.2 Å². The fraction of sp³-hybridized carbons (Fsp3) is 0.286. The Hall–Kier alpha value is -3.25. The van der Waals surface area contributed by atoms with E-state index in [2.05, 4.69) is 13.8 Å². The first-order chi connectivity index (χ1) is 16.4. The lowest BCUT2D eigenvalue weighted by Crippen LogP contribution is -2.42. The summed E-state index contributed by atoms with van der Waals surface area (Å²) in [5.74, 6) is 0.649. The van der Waals surface area contributed by atoms with Crippen molar-refractivity contribution in [2.75, 3.05) is 18.0 Å². The van der Waals surface area contributed by atoms with Crippen LogP contribution in [0, 0.1) is 11.8 Å². The number of anilines is 1. The van der Waals surface area contributed by atoms with Gasteiger partial charge in [0, 0.05) is 18.7 Å². The molecular formula is C28H28N2O3S. The minimum absolute atomic E-state index is 0.0409. The van der Waals surface area contributed by atoms with Gasteiger partial charge in [0.15, 0.2) is 0 Å². The quantitative estimate of drug-likeness (QED) is 0.531. The summed E-state index contributed by atoms with van der Waals surface area (Å²) < 4.78 is 13.6. The number of fused-ring (bicyclic) bond motifs is 2. The molecule has 0 saturated carbocycles. The van der Waals surface area contributed by atoms with E-state index in [-0.39, 0.29) is 11.8 Å². The molecule has 2 aliphatic heterocycles. The lowest BCUT2D eigenvalue weighted by atomic mass is 9.91. The van der Waals surface area contributed by atoms with Crippen molar-refractivity contribution in [3.05, 3.63) is 89.5 Å². The third kappa shape index (κ3) is 4.18. The van der Waals surface area contributed by atoms with E-state index < -0.39 is 10.8 Å². The first-order valence-electron chi connectivity index (χ1n) is 11.7. The Labute approximate surface area is 202 Å². The van der Waals surface area contributed by atoms with Crippen LogP contribution in [0.15, 0.2) is 82.6 Å². The molecule has 3 aromatic rings. The Balaban J connectivity index is 1.60. The van der Waals surface area contributed by atoms with Crippen molar-refractivity contribution in [1.29, 1.82) is 0 Å². The molecule has 2 aliphatic rings. The van der Waals surface area contributed by atoms with E-state index in [1.54, 1.807) is 47.4 Å². The molecule has 3 aromatic carbocycles. The molecular weight excluding hydrogens is 444 g/mol. The maximum atomic E-state index is 13.7. The van der Waals surface area contributed by atoms with E-state index in [1.165, 1.54) is 0 Å². The number of carbonyl (C=O) groups is 2. The second-order valence-electron chi connectivity index (χ2n) is 9.48. The third-order valence-electron chi connectivity index (χ3n) is 6.60. The van der Waals surface area contributed by atoms with Crippen LogP contribution in [0.2, 0.25) is 0 Å². The summed E-state index contributed by atoms with van der Waals surface area (Å²) in [6.07, 6.45) is 1.12. The first kappa shape index (κ1) is 22.5. The van der Waals surface area contributed by atoms with Gasteiger partial charge in [-0.25, -0.2) is 4.21 Å². The van der Waals surface area contributed by atoms with E-state index >= 15 is 0 Å². The van der Waals surface area contributed by atoms with Crippen LogP contribution in [0.5, 0.6) is 0 Å². The van der Waals surface area contributed by atoms with Gasteiger partial charge in [-0.3, -0.25) is 9.59 Å². The first-order valence-corrected chi connectivity index (χ1v) is 12.9. The maximum Gasteiger partial charge on any atom is 0.259 e. The van der Waals surface area contributed by atoms with Crippen molar-refractivity contribution in [1.82, 2.24) is 4.90 Å². The lowest BCUT2D eigenvalue weighted by Gasteiger charge is -2.35. The molecule has 0 N–H and O–H groups in total. The summed E-state index contributed by atoms with van der Waals surface area (Å²) >= 11 is 0. The highest BCUT2D eigenvalue weighted by atomic mass is 32.2. The Morgan fingerprint density at radius 3 is 2.32 bits per heavy atom. The molecule has 5 nitrogen and oxygen atoms in total. The molecule has 1 saturated heterocycles. The van der Waals surface area contributed by atoms with Crippen LogP contribution in [-0.2, 0) is 17.3 Å². The molecule has 0 radical (unpaired) electrons. The highest BCUT2D eigenvalue weighted by Crippen LogP contribution is 2.36. The molecule has 2 amide bonds. The molecule has 0 unspecified atom stereocenters. The molecule has 0 aliphatic carbocycles. The molecule has 3 atom stereocenters. The summed E-state index contributed by atoms with van der Waals surface area (Å²) in [5, 5.41) is 0. The summed E-state index contributed by atoms with van der Waals surface area (Å²) in [6.45, 7) is 6.13. The summed E-state index contributed by atoms with van der Waals surface area (Å²) in [6, 6.07) is 22.0. The van der Waals surface area contributed by atoms with Crippen molar-refractivity contribution in [3.63, 3.8) is 0 Å². The van der Waals surface area contributed by atoms with Crippen LogP contribution in [0.3, 0.4) is 0 Å². The van der Waals surface area contributed by atoms with E-state index in [9.17, 15) is 13.8 Å². The van der Waals surface area contributed by atoms with E-state index in [0.29, 0.717) is 45.0 Å². The Bertz CT molecular complexity index is 1260. The largest absolute Gasteiger partial charge is 0.338 e. The van der Waals surface area contributed by atoms with Gasteiger partial charge >= 0.3 is 0 Å². The summed E-state index contributed by atoms with van der Waals surface area (Å²) in [7, 11) is -1.53. The van der Waals surface area contributed by atoms with Crippen molar-refractivity contribution in [2.24, 2.45) is 11.8 Å². The Morgan fingerprint density at radius 2 is 1.59 bits per heavy atom. The minimum Gasteiger partial charge on any atom is -0.338 e. The topological polar surface area (TPSA) is 57.7 Å². The van der Waals surface area contributed by atoms with Gasteiger partial charge in [-0.2, -0.15) is 0 Å². The van der Waals surface area contributed by atoms with Gasteiger partial charge in [-0.15, -0.1) is 0 Å². The van der Waals surface area contributed by atoms with Crippen LogP contribution in [0.25, 0.3) is 0 Å². The molecule has 2 heterocycles. The van der Waals surface area contributed by atoms with Crippen molar-refractivity contribution in [3.8, 4) is 0 Å². The third-order valence-corrected chi connectivity index (χ3v) is 8.10. The monoisotopic (exact) mass is 472 g/mol. The SMILES string of the molecule is C[C@@H]1C[C@H](C)CN(C(=O)c2ccc3c(c2)N(Cc2ccccc2)C(=O)c2ccccc2[S@@]3=O)C1. The van der Waals surface area contributed by atoms with Gasteiger partial charge in [0.05, 0.1) is 38.4 Å². The molecule has 174 valence electrons. The number of hydrogen-bond donors (Lipinski definition) is 0. The van der Waals surface area contributed by atoms with Crippen LogP contribution in [-0.4, -0.2) is 34.0 Å². The smallest absolute Gasteiger partial charge is 0.259 e. The van der Waals surface area contributed by atoms with Crippen LogP contribution < -0.4 is 4.90 Å². The van der Waals surface area contributed by atoms with Gasteiger partial charge in [0.1, 0.15) is 0 Å². The Kier molecular flexibility index (Phi) is 6.09. The fourth-order valence-electron chi connectivity index (χ4n) is 5.13. The van der Waals surface area contributed by atoms with Crippen molar-refractivity contribution >= 4 is 28.3 Å². The molecule has 34 heavy (non-hydrogen) atoms. The zero-order valence-electron chi connectivity index (χ0n) is 19.4. The number of carbonyl (C=O) groups excluding carboxylic acids is 2. The number of nitrogens with zero attached hydrogens (tertiary/aromatic N) is 2. The molecule has 6 heteroatoms. The van der Waals surface area contributed by atoms with Gasteiger partial charge in [0.2, 0.25) is 0 Å². The Morgan fingerprint density at radius 1 is 0.912 bits per heavy atom. The zero-order valence-corrected chi connectivity index (χ0v) is 20.3. The highest BCUT2D eigenvalue weighted by Gasteiger charge is 2.33. The number of benzene rings is 3. The summed E-state index contributed by atoms with van der Waals surface area (Å²) in [5.41, 5.74) is 2.45. The number of amides is 2. The zero-order chi connectivity index (χ0) is 23.8. The van der Waals surface area contributed by atoms with Gasteiger partial charge in [-0.1, -0.05) is 56.3 Å². The maximum absolute atomic E-state index is 13.7. The van der Waals surface area contributed by atoms with E-state index in [0.717, 1.165) is 25.1 Å². The minimum atomic E-state index is -1.53. The number of hydrogen-bond acceptors (Lipinski definition) is 3. The predicted molar refractivity (Wildman–Crippen MR) is 133 cm³/mol. The average molecular weight is 473 g/mol. The second-order valence-corrected chi connectivity index (χ2v) is 10.9. The average Bonchev–Trinajstić information content (AvgIpc) is 2.93. The summed E-state index contributed by atoms with van der Waals surface area (Å²) in [4.78, 5) is 31.8.